The fraction of sp³-hybridized carbons (Fsp3) is 0.250. The van der Waals surface area contributed by atoms with Crippen LogP contribution in [0.4, 0.5) is 11.4 Å². The quantitative estimate of drug-likeness (QED) is 0.191. The molecule has 2 aromatic carbocycles. The molecule has 9 heteroatoms. The van der Waals surface area contributed by atoms with Gasteiger partial charge in [-0.25, -0.2) is 0 Å². The number of pyridine rings is 2. The van der Waals surface area contributed by atoms with E-state index in [0.29, 0.717) is 0 Å². The second-order valence-corrected chi connectivity index (χ2v) is 9.03. The maximum Gasteiger partial charge on any atom is 0.159 e. The summed E-state index contributed by atoms with van der Waals surface area (Å²) in [6.45, 7) is 0.188. The van der Waals surface area contributed by atoms with E-state index < -0.39 is 101 Å². The zero-order chi connectivity index (χ0) is 39.9. The summed E-state index contributed by atoms with van der Waals surface area (Å²) in [6.07, 6.45) is 0.152. The lowest BCUT2D eigenvalue weighted by Crippen LogP contribution is -2.11. The van der Waals surface area contributed by atoms with Crippen molar-refractivity contribution in [3.05, 3.63) is 94.2 Å². The van der Waals surface area contributed by atoms with Crippen LogP contribution in [0.5, 0.6) is 11.5 Å². The number of likely N-dealkylation sites (N-methyl/N-ethyl adjacent to an activating group) is 1. The number of ketones is 1. The Morgan fingerprint density at radius 1 is 1.24 bits per heavy atom. The van der Waals surface area contributed by atoms with Crippen LogP contribution in [0.1, 0.15) is 45.9 Å². The molecular weight excluding hydrogens is 538 g/mol. The molecule has 0 aliphatic carbocycles. The van der Waals surface area contributed by atoms with Crippen LogP contribution in [-0.4, -0.2) is 47.9 Å². The first-order valence-corrected chi connectivity index (χ1v) is 12.6. The highest BCUT2D eigenvalue weighted by atomic mass is 35.5. The molecule has 2 heterocycles. The Labute approximate surface area is 262 Å². The van der Waals surface area contributed by atoms with Gasteiger partial charge in [0, 0.05) is 47.5 Å². The summed E-state index contributed by atoms with van der Waals surface area (Å²) in [5.74, 6) is -1.71. The van der Waals surface area contributed by atoms with Crippen molar-refractivity contribution in [2.45, 2.75) is 26.8 Å². The minimum absolute atomic E-state index is 0.0114. The number of rotatable bonds is 12. The number of aryl methyl sites for hydroxylation is 1. The third kappa shape index (κ3) is 7.82. The van der Waals surface area contributed by atoms with E-state index in [9.17, 15) is 10.1 Å². The number of halogens is 1. The van der Waals surface area contributed by atoms with Crippen molar-refractivity contribution < 1.29 is 30.7 Å². The summed E-state index contributed by atoms with van der Waals surface area (Å²) in [4.78, 5) is 22.8. The number of carbonyl (C=O) groups is 1. The molecule has 0 fully saturated rings. The average Bonchev–Trinajstić information content (AvgIpc) is 3.10. The van der Waals surface area contributed by atoms with Crippen LogP contribution in [0.15, 0.2) is 66.6 Å². The molecule has 0 unspecified atom stereocenters. The van der Waals surface area contributed by atoms with Crippen molar-refractivity contribution in [3.63, 3.8) is 0 Å². The molecule has 4 rings (SSSR count). The molecule has 41 heavy (non-hydrogen) atoms. The van der Waals surface area contributed by atoms with Gasteiger partial charge in [0.05, 0.1) is 50.5 Å². The molecule has 0 saturated heterocycles. The van der Waals surface area contributed by atoms with Crippen LogP contribution >= 0.6 is 11.6 Å². The SMILES string of the molecule is [2H]/C(=C\CN(C)C)C(=O)Cc1c(OCC)c([2H])c2nc([2H])c(C#N)c(Nc3c([2H])c([2H])c(OC([2H])([2H])c4nc(C)c([2H])c([2H])c4[2H])c(Cl)c3[2H])c2c1[2H]. The molecule has 2 aromatic heterocycles. The van der Waals surface area contributed by atoms with Crippen molar-refractivity contribution in [2.75, 3.05) is 32.6 Å². The average molecular weight is 582 g/mol. The number of nitrogens with one attached hydrogen (secondary N) is 1. The number of hydrogen-bond acceptors (Lipinski definition) is 8. The monoisotopic (exact) mass is 581 g/mol. The summed E-state index contributed by atoms with van der Waals surface area (Å²) in [5, 5.41) is 11.8. The maximum atomic E-state index is 13.1. The fourth-order valence-corrected chi connectivity index (χ4v) is 3.58. The molecule has 0 aliphatic rings. The number of hydrogen-bond donors (Lipinski definition) is 1. The minimum Gasteiger partial charge on any atom is -0.494 e. The molecule has 210 valence electrons. The lowest BCUT2D eigenvalue weighted by atomic mass is 10.0. The Bertz CT molecular complexity index is 2220. The number of nitrogens with zero attached hydrogens (tertiary/aromatic N) is 4. The first-order chi connectivity index (χ1) is 24.7. The van der Waals surface area contributed by atoms with Gasteiger partial charge in [-0.15, -0.1) is 0 Å². The van der Waals surface area contributed by atoms with Crippen molar-refractivity contribution >= 4 is 39.7 Å². The molecule has 1 N–H and O–H groups in total. The van der Waals surface area contributed by atoms with Crippen LogP contribution in [0.3, 0.4) is 0 Å². The van der Waals surface area contributed by atoms with E-state index in [1.54, 1.807) is 32.0 Å². The van der Waals surface area contributed by atoms with E-state index in [0.717, 1.165) is 0 Å². The van der Waals surface area contributed by atoms with Gasteiger partial charge in [-0.1, -0.05) is 23.7 Å². The smallest absolute Gasteiger partial charge is 0.159 e. The second kappa shape index (κ2) is 13.8. The highest BCUT2D eigenvalue weighted by molar-refractivity contribution is 6.32. The van der Waals surface area contributed by atoms with E-state index >= 15 is 0 Å². The molecule has 0 aliphatic heterocycles. The summed E-state index contributed by atoms with van der Waals surface area (Å²) in [7, 11) is 3.49. The maximum absolute atomic E-state index is 13.1. The van der Waals surface area contributed by atoms with E-state index in [1.807, 2.05) is 0 Å². The van der Waals surface area contributed by atoms with Crippen LogP contribution in [0.25, 0.3) is 10.9 Å². The Morgan fingerprint density at radius 2 is 2.07 bits per heavy atom. The molecule has 0 spiro atoms. The molecule has 8 nitrogen and oxygen atoms in total. The number of anilines is 2. The van der Waals surface area contributed by atoms with Crippen molar-refractivity contribution in [2.24, 2.45) is 0 Å². The number of carbonyl (C=O) groups excluding carboxylic acids is 1. The standard InChI is InChI=1S/C32H32ClN5O3/c1-5-40-31-17-29-27(15-22(31)14-26(39)10-7-13-38(3)4)32(23(18-34)19-35-29)37-24-11-12-30(28(33)16-24)41-20-25-9-6-8-21(2)36-25/h6-12,15-17,19H,5,13-14,20H2,1-4H3,(H,35,37)/b10-7+/i6D,8D,9D,10D,11D,12D,15D,16D,17D,19D,20D2. The Hall–Kier alpha value is -4.45. The van der Waals surface area contributed by atoms with Gasteiger partial charge in [0.1, 0.15) is 24.1 Å². The summed E-state index contributed by atoms with van der Waals surface area (Å²) in [6, 6.07) is -3.70. The second-order valence-electron chi connectivity index (χ2n) is 8.65. The van der Waals surface area contributed by atoms with Crippen molar-refractivity contribution in [1.82, 2.24) is 14.9 Å². The third-order valence-electron chi connectivity index (χ3n) is 5.19. The zero-order valence-electron chi connectivity index (χ0n) is 34.6. The zero-order valence-corrected chi connectivity index (χ0v) is 23.3. The number of benzene rings is 2. The van der Waals surface area contributed by atoms with Crippen LogP contribution < -0.4 is 14.8 Å². The van der Waals surface area contributed by atoms with Gasteiger partial charge in [-0.2, -0.15) is 5.26 Å². The van der Waals surface area contributed by atoms with Crippen molar-refractivity contribution in [1.29, 1.82) is 5.26 Å². The van der Waals surface area contributed by atoms with Gasteiger partial charge in [0.25, 0.3) is 0 Å². The minimum atomic E-state index is -3.04. The third-order valence-corrected chi connectivity index (χ3v) is 5.46. The summed E-state index contributed by atoms with van der Waals surface area (Å²) >= 11 is 6.44. The number of allylic oxidation sites excluding steroid dienone is 1. The Kier molecular flexibility index (Phi) is 5.83. The summed E-state index contributed by atoms with van der Waals surface area (Å²) < 4.78 is 113. The first kappa shape index (κ1) is 17.4. The number of ether oxygens (including phenoxy) is 2. The Balaban J connectivity index is 1.94. The predicted molar refractivity (Wildman–Crippen MR) is 162 cm³/mol. The topological polar surface area (TPSA) is 100 Å². The summed E-state index contributed by atoms with van der Waals surface area (Å²) in [5.41, 5.74) is -2.65. The fourth-order valence-electron chi connectivity index (χ4n) is 3.40. The van der Waals surface area contributed by atoms with Gasteiger partial charge < -0.3 is 19.7 Å². The van der Waals surface area contributed by atoms with Gasteiger partial charge >= 0.3 is 0 Å². The highest BCUT2D eigenvalue weighted by Gasteiger charge is 2.16. The number of fused-ring (bicyclic) bond motifs is 1. The highest BCUT2D eigenvalue weighted by Crippen LogP contribution is 2.36. The van der Waals surface area contributed by atoms with Gasteiger partial charge in [0.15, 0.2) is 5.78 Å². The van der Waals surface area contributed by atoms with Crippen LogP contribution in [-0.2, 0) is 17.8 Å². The van der Waals surface area contributed by atoms with E-state index in [1.165, 1.54) is 13.0 Å². The van der Waals surface area contributed by atoms with Gasteiger partial charge in [-0.3, -0.25) is 14.8 Å². The number of aromatic nitrogens is 2. The molecule has 0 atom stereocenters. The van der Waals surface area contributed by atoms with Crippen molar-refractivity contribution in [3.8, 4) is 17.6 Å². The van der Waals surface area contributed by atoms with Gasteiger partial charge in [0.2, 0.25) is 0 Å². The molecule has 0 radical (unpaired) electrons. The molecule has 4 aromatic rings. The molecule has 0 saturated carbocycles. The van der Waals surface area contributed by atoms with Gasteiger partial charge in [-0.05, 0) is 70.2 Å². The van der Waals surface area contributed by atoms with E-state index in [2.05, 4.69) is 15.3 Å². The van der Waals surface area contributed by atoms with E-state index in [-0.39, 0.29) is 52.8 Å². The lowest BCUT2D eigenvalue weighted by molar-refractivity contribution is -0.114. The molecule has 0 bridgehead atoms. The van der Waals surface area contributed by atoms with Crippen LogP contribution in [0.2, 0.25) is 5.02 Å². The normalized spacial score (nSPS) is 15.9. The largest absolute Gasteiger partial charge is 0.494 e. The van der Waals surface area contributed by atoms with Crippen LogP contribution in [0, 0.1) is 18.3 Å². The first-order valence-electron chi connectivity index (χ1n) is 18.2. The lowest BCUT2D eigenvalue weighted by Gasteiger charge is -2.16. The molecular formula is C32H32ClN5O3. The molecule has 0 amide bonds. The number of nitriles is 1. The van der Waals surface area contributed by atoms with E-state index in [4.69, 9.17) is 37.5 Å². The predicted octanol–water partition coefficient (Wildman–Crippen LogP) is 6.41. The Morgan fingerprint density at radius 3 is 2.83 bits per heavy atom.